The van der Waals surface area contributed by atoms with Gasteiger partial charge in [0.15, 0.2) is 17.3 Å². The average Bonchev–Trinajstić information content (AvgIpc) is 3.32. The van der Waals surface area contributed by atoms with Gasteiger partial charge in [-0.25, -0.2) is 4.79 Å². The van der Waals surface area contributed by atoms with Gasteiger partial charge in [0.25, 0.3) is 0 Å². The first-order valence-electron chi connectivity index (χ1n) is 12.3. The average molecular weight is 484 g/mol. The molecule has 0 saturated heterocycles. The Balaban J connectivity index is 1.84. The third-order valence-corrected chi connectivity index (χ3v) is 7.16. The number of ketones is 1. The number of methoxy groups -OCH3 is 1. The molecule has 3 atom stereocenters. The van der Waals surface area contributed by atoms with Gasteiger partial charge in [-0.15, -0.1) is 0 Å². The second-order valence-corrected chi connectivity index (χ2v) is 9.51. The van der Waals surface area contributed by atoms with E-state index < -0.39 is 23.8 Å². The van der Waals surface area contributed by atoms with Crippen LogP contribution in [-0.2, 0) is 23.9 Å². The molecular weight excluding hydrogens is 450 g/mol. The maximum atomic E-state index is 13.8. The first kappa shape index (κ1) is 24.8. The minimum Gasteiger partial charge on any atom is -0.504 e. The summed E-state index contributed by atoms with van der Waals surface area (Å²) in [6.07, 6.45) is 3.97. The number of Topliss-reactive ketones (excluding diaryl/α,β-unsaturated/α-hetero) is 1. The summed E-state index contributed by atoms with van der Waals surface area (Å²) >= 11 is 0. The van der Waals surface area contributed by atoms with Crippen molar-refractivity contribution in [2.24, 2.45) is 11.8 Å². The molecule has 1 aromatic rings. The summed E-state index contributed by atoms with van der Waals surface area (Å²) in [7, 11) is 1.27. The topological polar surface area (TPSA) is 111 Å². The van der Waals surface area contributed by atoms with Crippen LogP contribution in [0, 0.1) is 11.8 Å². The number of carbonyl (C=O) groups is 3. The molecule has 8 heteroatoms. The van der Waals surface area contributed by atoms with Crippen molar-refractivity contribution in [1.29, 1.82) is 0 Å². The molecule has 1 heterocycles. The lowest BCUT2D eigenvalue weighted by Crippen LogP contribution is -2.43. The van der Waals surface area contributed by atoms with Gasteiger partial charge in [-0.2, -0.15) is 0 Å². The Bertz CT molecular complexity index is 1100. The molecule has 0 amide bonds. The van der Waals surface area contributed by atoms with Crippen LogP contribution >= 0.6 is 0 Å². The number of ether oxygens (including phenoxy) is 3. The standard InChI is InChI=1S/C27H33NO7/c1-5-34-20-13-16(10-11-19(20)29)23-22(27(32)35-17-8-6-7-9-17)15(3)28-18-12-14(2)21(26(31)33-4)25(30)24(18)23/h10-11,13-14,17,21,23,28-29H,5-9,12H2,1-4H3/t14-,21-,23-/m0/s1. The van der Waals surface area contributed by atoms with E-state index >= 15 is 0 Å². The fourth-order valence-electron chi connectivity index (χ4n) is 5.49. The molecular formula is C27H33NO7. The fourth-order valence-corrected chi connectivity index (χ4v) is 5.49. The number of nitrogens with one attached hydrogen (secondary N) is 1. The third-order valence-electron chi connectivity index (χ3n) is 7.16. The summed E-state index contributed by atoms with van der Waals surface area (Å²) in [6, 6.07) is 4.81. The lowest BCUT2D eigenvalue weighted by atomic mass is 9.69. The number of hydrogen-bond acceptors (Lipinski definition) is 8. The van der Waals surface area contributed by atoms with Crippen LogP contribution in [-0.4, -0.2) is 42.6 Å². The van der Waals surface area contributed by atoms with Gasteiger partial charge in [-0.05, 0) is 69.6 Å². The summed E-state index contributed by atoms with van der Waals surface area (Å²) in [4.78, 5) is 39.9. The molecule has 0 unspecified atom stereocenters. The van der Waals surface area contributed by atoms with E-state index in [0.717, 1.165) is 25.7 Å². The summed E-state index contributed by atoms with van der Waals surface area (Å²) in [6.45, 7) is 5.78. The van der Waals surface area contributed by atoms with Crippen molar-refractivity contribution in [3.8, 4) is 11.5 Å². The van der Waals surface area contributed by atoms with E-state index in [9.17, 15) is 19.5 Å². The van der Waals surface area contributed by atoms with Gasteiger partial charge >= 0.3 is 11.9 Å². The molecule has 3 aliphatic rings. The predicted octanol–water partition coefficient (Wildman–Crippen LogP) is 3.89. The second kappa shape index (κ2) is 10.1. The van der Waals surface area contributed by atoms with Gasteiger partial charge in [-0.3, -0.25) is 9.59 Å². The Morgan fingerprint density at radius 2 is 1.91 bits per heavy atom. The number of phenolic OH excluding ortho intramolecular Hbond substituents is 1. The maximum Gasteiger partial charge on any atom is 0.337 e. The van der Waals surface area contributed by atoms with Crippen LogP contribution in [0.15, 0.2) is 40.7 Å². The van der Waals surface area contributed by atoms with Crippen molar-refractivity contribution >= 4 is 17.7 Å². The van der Waals surface area contributed by atoms with Crippen LogP contribution in [0.3, 0.4) is 0 Å². The van der Waals surface area contributed by atoms with Crippen molar-refractivity contribution in [2.45, 2.75) is 64.9 Å². The fraction of sp³-hybridized carbons (Fsp3) is 0.519. The van der Waals surface area contributed by atoms with Gasteiger partial charge in [0.05, 0.1) is 19.3 Å². The molecule has 4 rings (SSSR count). The van der Waals surface area contributed by atoms with Gasteiger partial charge in [0.1, 0.15) is 12.0 Å². The van der Waals surface area contributed by atoms with Crippen molar-refractivity contribution in [1.82, 2.24) is 5.32 Å². The van der Waals surface area contributed by atoms with E-state index in [1.807, 2.05) is 6.92 Å². The molecule has 188 valence electrons. The van der Waals surface area contributed by atoms with Crippen LogP contribution in [0.5, 0.6) is 11.5 Å². The molecule has 1 fully saturated rings. The Hall–Kier alpha value is -3.29. The molecule has 1 aromatic carbocycles. The molecule has 2 aliphatic carbocycles. The van der Waals surface area contributed by atoms with Crippen LogP contribution in [0.25, 0.3) is 0 Å². The molecule has 0 aromatic heterocycles. The monoisotopic (exact) mass is 483 g/mol. The predicted molar refractivity (Wildman–Crippen MR) is 128 cm³/mol. The van der Waals surface area contributed by atoms with Gasteiger partial charge < -0.3 is 24.6 Å². The smallest absolute Gasteiger partial charge is 0.337 e. The van der Waals surface area contributed by atoms with Gasteiger partial charge in [0.2, 0.25) is 0 Å². The van der Waals surface area contributed by atoms with Crippen molar-refractivity contribution in [2.75, 3.05) is 13.7 Å². The Morgan fingerprint density at radius 1 is 1.20 bits per heavy atom. The number of carbonyl (C=O) groups excluding carboxylic acids is 3. The quantitative estimate of drug-likeness (QED) is 0.463. The number of aromatic hydroxyl groups is 1. The van der Waals surface area contributed by atoms with E-state index in [0.29, 0.717) is 41.1 Å². The van der Waals surface area contributed by atoms with Crippen LogP contribution in [0.2, 0.25) is 0 Å². The van der Waals surface area contributed by atoms with E-state index in [2.05, 4.69) is 5.32 Å². The number of phenols is 1. The lowest BCUT2D eigenvalue weighted by molar-refractivity contribution is -0.151. The highest BCUT2D eigenvalue weighted by Gasteiger charge is 2.47. The van der Waals surface area contributed by atoms with Crippen LogP contribution in [0.4, 0.5) is 0 Å². The number of rotatable bonds is 6. The van der Waals surface area contributed by atoms with Crippen molar-refractivity contribution < 1.29 is 33.7 Å². The largest absolute Gasteiger partial charge is 0.504 e. The van der Waals surface area contributed by atoms with Gasteiger partial charge in [-0.1, -0.05) is 13.0 Å². The molecule has 35 heavy (non-hydrogen) atoms. The zero-order valence-corrected chi connectivity index (χ0v) is 20.7. The number of esters is 2. The second-order valence-electron chi connectivity index (χ2n) is 9.51. The molecule has 1 saturated carbocycles. The van der Waals surface area contributed by atoms with E-state index in [-0.39, 0.29) is 29.3 Å². The first-order chi connectivity index (χ1) is 16.8. The first-order valence-corrected chi connectivity index (χ1v) is 12.3. The molecule has 0 bridgehead atoms. The number of benzene rings is 1. The van der Waals surface area contributed by atoms with Crippen LogP contribution in [0.1, 0.15) is 64.4 Å². The lowest BCUT2D eigenvalue weighted by Gasteiger charge is -2.38. The van der Waals surface area contributed by atoms with E-state index in [1.54, 1.807) is 26.0 Å². The van der Waals surface area contributed by atoms with Crippen LogP contribution < -0.4 is 10.1 Å². The summed E-state index contributed by atoms with van der Waals surface area (Å²) in [5.74, 6) is -3.21. The third kappa shape index (κ3) is 4.66. The normalized spacial score (nSPS) is 24.7. The Morgan fingerprint density at radius 3 is 2.57 bits per heavy atom. The molecule has 2 N–H and O–H groups in total. The molecule has 0 radical (unpaired) electrons. The van der Waals surface area contributed by atoms with Crippen molar-refractivity contribution in [3.63, 3.8) is 0 Å². The molecule has 0 spiro atoms. The number of allylic oxidation sites excluding steroid dienone is 3. The summed E-state index contributed by atoms with van der Waals surface area (Å²) in [5.41, 5.74) is 2.59. The molecule has 8 nitrogen and oxygen atoms in total. The highest BCUT2D eigenvalue weighted by molar-refractivity contribution is 6.12. The van der Waals surface area contributed by atoms with Gasteiger partial charge in [0, 0.05) is 22.9 Å². The molecule has 1 aliphatic heterocycles. The zero-order chi connectivity index (χ0) is 25.3. The Labute approximate surface area is 205 Å². The highest BCUT2D eigenvalue weighted by Crippen LogP contribution is 2.47. The maximum absolute atomic E-state index is 13.8. The Kier molecular flexibility index (Phi) is 7.19. The summed E-state index contributed by atoms with van der Waals surface area (Å²) in [5, 5.41) is 13.5. The zero-order valence-electron chi connectivity index (χ0n) is 20.7. The minimum atomic E-state index is -0.961. The van der Waals surface area contributed by atoms with E-state index in [1.165, 1.54) is 13.2 Å². The number of hydrogen-bond donors (Lipinski definition) is 2. The van der Waals surface area contributed by atoms with E-state index in [4.69, 9.17) is 14.2 Å². The number of dihydropyridines is 1. The highest BCUT2D eigenvalue weighted by atomic mass is 16.5. The summed E-state index contributed by atoms with van der Waals surface area (Å²) < 4.78 is 16.4. The van der Waals surface area contributed by atoms with Crippen molar-refractivity contribution in [3.05, 3.63) is 46.3 Å². The minimum absolute atomic E-state index is 0.0365. The SMILES string of the molecule is CCOc1cc([C@H]2C(C(=O)OC3CCCC3)=C(C)NC3=C2C(=O)[C@@H](C(=O)OC)[C@@H](C)C3)ccc1O.